The maximum atomic E-state index is 12.3. The smallest absolute Gasteiger partial charge is 0.245 e. The van der Waals surface area contributed by atoms with Gasteiger partial charge in [0, 0.05) is 24.5 Å². The minimum atomic E-state index is -0.183. The summed E-state index contributed by atoms with van der Waals surface area (Å²) < 4.78 is 0. The average molecular weight is 368 g/mol. The van der Waals surface area contributed by atoms with Gasteiger partial charge in [-0.25, -0.2) is 4.98 Å². The molecule has 0 spiro atoms. The molecule has 0 bridgehead atoms. The average Bonchev–Trinajstić information content (AvgIpc) is 3.10. The molecular formula is C19H33N3O2S. The van der Waals surface area contributed by atoms with Gasteiger partial charge in [-0.3, -0.25) is 9.59 Å². The topological polar surface area (TPSA) is 62.3 Å². The molecule has 0 aliphatic rings. The number of nitrogens with zero attached hydrogens (tertiary/aromatic N) is 2. The van der Waals surface area contributed by atoms with Gasteiger partial charge >= 0.3 is 0 Å². The van der Waals surface area contributed by atoms with Gasteiger partial charge in [0.15, 0.2) is 5.13 Å². The Balaban J connectivity index is 2.11. The number of hydrogen-bond acceptors (Lipinski definition) is 4. The van der Waals surface area contributed by atoms with E-state index in [1.807, 2.05) is 12.3 Å². The summed E-state index contributed by atoms with van der Waals surface area (Å²) in [7, 11) is 0. The minimum Gasteiger partial charge on any atom is -0.334 e. The highest BCUT2D eigenvalue weighted by Crippen LogP contribution is 2.12. The SMILES string of the molecule is CCCCCCCCCCCC(=O)N(CC)CC(=O)Nc1nccs1. The maximum Gasteiger partial charge on any atom is 0.245 e. The second-order valence-electron chi connectivity index (χ2n) is 6.37. The van der Waals surface area contributed by atoms with Gasteiger partial charge in [-0.2, -0.15) is 0 Å². The van der Waals surface area contributed by atoms with Crippen LogP contribution in [0.5, 0.6) is 0 Å². The molecule has 25 heavy (non-hydrogen) atoms. The first-order valence-electron chi connectivity index (χ1n) is 9.64. The summed E-state index contributed by atoms with van der Waals surface area (Å²) in [5.41, 5.74) is 0. The van der Waals surface area contributed by atoms with E-state index >= 15 is 0 Å². The van der Waals surface area contributed by atoms with Gasteiger partial charge in [0.25, 0.3) is 0 Å². The Morgan fingerprint density at radius 2 is 1.68 bits per heavy atom. The van der Waals surface area contributed by atoms with E-state index in [4.69, 9.17) is 0 Å². The Kier molecular flexibility index (Phi) is 11.9. The zero-order chi connectivity index (χ0) is 18.3. The Labute approximate surface area is 156 Å². The summed E-state index contributed by atoms with van der Waals surface area (Å²) in [6.45, 7) is 4.80. The van der Waals surface area contributed by atoms with Crippen molar-refractivity contribution in [1.29, 1.82) is 0 Å². The summed E-state index contributed by atoms with van der Waals surface area (Å²) in [6, 6.07) is 0. The van der Waals surface area contributed by atoms with Gasteiger partial charge in [0.1, 0.15) is 0 Å². The number of nitrogens with one attached hydrogen (secondary N) is 1. The Hall–Kier alpha value is -1.43. The molecule has 1 aromatic heterocycles. The molecule has 0 unspecified atom stereocenters. The van der Waals surface area contributed by atoms with E-state index in [0.29, 0.717) is 18.1 Å². The molecular weight excluding hydrogens is 334 g/mol. The number of anilines is 1. The maximum absolute atomic E-state index is 12.3. The van der Waals surface area contributed by atoms with Crippen LogP contribution in [0, 0.1) is 0 Å². The zero-order valence-electron chi connectivity index (χ0n) is 15.8. The van der Waals surface area contributed by atoms with Crippen molar-refractivity contribution in [1.82, 2.24) is 9.88 Å². The van der Waals surface area contributed by atoms with Crippen molar-refractivity contribution in [2.75, 3.05) is 18.4 Å². The Bertz CT molecular complexity index is 477. The number of carbonyl (C=O) groups excluding carboxylic acids is 2. The molecule has 2 amide bonds. The summed E-state index contributed by atoms with van der Waals surface area (Å²) in [6.07, 6.45) is 13.3. The van der Waals surface area contributed by atoms with Crippen molar-refractivity contribution in [3.63, 3.8) is 0 Å². The Morgan fingerprint density at radius 3 is 2.24 bits per heavy atom. The molecule has 1 heterocycles. The van der Waals surface area contributed by atoms with Crippen molar-refractivity contribution in [3.8, 4) is 0 Å². The highest BCUT2D eigenvalue weighted by molar-refractivity contribution is 7.13. The van der Waals surface area contributed by atoms with E-state index in [1.165, 1.54) is 56.3 Å². The number of aromatic nitrogens is 1. The first-order valence-corrected chi connectivity index (χ1v) is 10.5. The second kappa shape index (κ2) is 13.8. The first-order chi connectivity index (χ1) is 12.2. The fourth-order valence-electron chi connectivity index (χ4n) is 2.74. The van der Waals surface area contributed by atoms with Gasteiger partial charge < -0.3 is 10.2 Å². The quantitative estimate of drug-likeness (QED) is 0.478. The molecule has 0 radical (unpaired) electrons. The van der Waals surface area contributed by atoms with Crippen LogP contribution in [0.1, 0.15) is 78.1 Å². The molecule has 142 valence electrons. The lowest BCUT2D eigenvalue weighted by atomic mass is 10.1. The second-order valence-corrected chi connectivity index (χ2v) is 7.27. The van der Waals surface area contributed by atoms with Gasteiger partial charge in [0.2, 0.25) is 11.8 Å². The highest BCUT2D eigenvalue weighted by Gasteiger charge is 2.15. The van der Waals surface area contributed by atoms with Crippen LogP contribution in [0.25, 0.3) is 0 Å². The molecule has 0 aliphatic carbocycles. The Morgan fingerprint density at radius 1 is 1.04 bits per heavy atom. The van der Waals surface area contributed by atoms with E-state index in [0.717, 1.165) is 12.8 Å². The molecule has 1 rings (SSSR count). The molecule has 6 heteroatoms. The van der Waals surface area contributed by atoms with Crippen molar-refractivity contribution >= 4 is 28.3 Å². The van der Waals surface area contributed by atoms with Crippen LogP contribution in [0.3, 0.4) is 0 Å². The van der Waals surface area contributed by atoms with Crippen LogP contribution in [-0.2, 0) is 9.59 Å². The predicted octanol–water partition coefficient (Wildman–Crippen LogP) is 4.85. The normalized spacial score (nSPS) is 10.6. The van der Waals surface area contributed by atoms with E-state index in [-0.39, 0.29) is 18.4 Å². The van der Waals surface area contributed by atoms with E-state index < -0.39 is 0 Å². The number of thiazole rings is 1. The monoisotopic (exact) mass is 367 g/mol. The number of likely N-dealkylation sites (N-methyl/N-ethyl adjacent to an activating group) is 1. The lowest BCUT2D eigenvalue weighted by molar-refractivity contribution is -0.134. The third-order valence-electron chi connectivity index (χ3n) is 4.24. The van der Waals surface area contributed by atoms with Crippen molar-refractivity contribution in [2.24, 2.45) is 0 Å². The minimum absolute atomic E-state index is 0.0692. The molecule has 5 nitrogen and oxygen atoms in total. The largest absolute Gasteiger partial charge is 0.334 e. The van der Waals surface area contributed by atoms with E-state index in [2.05, 4.69) is 17.2 Å². The fourth-order valence-corrected chi connectivity index (χ4v) is 3.28. The molecule has 1 aromatic rings. The third-order valence-corrected chi connectivity index (χ3v) is 4.93. The third kappa shape index (κ3) is 10.2. The summed E-state index contributed by atoms with van der Waals surface area (Å²) in [5.74, 6) is -0.114. The lowest BCUT2D eigenvalue weighted by Crippen LogP contribution is -2.37. The van der Waals surface area contributed by atoms with Gasteiger partial charge in [-0.1, -0.05) is 58.3 Å². The van der Waals surface area contributed by atoms with Gasteiger partial charge in [0.05, 0.1) is 6.54 Å². The van der Waals surface area contributed by atoms with Crippen molar-refractivity contribution < 1.29 is 9.59 Å². The number of carbonyl (C=O) groups is 2. The number of amides is 2. The van der Waals surface area contributed by atoms with E-state index in [1.54, 1.807) is 11.1 Å². The van der Waals surface area contributed by atoms with Crippen LogP contribution >= 0.6 is 11.3 Å². The fraction of sp³-hybridized carbons (Fsp3) is 0.737. The standard InChI is InChI=1S/C19H33N3O2S/c1-3-5-6-7-8-9-10-11-12-13-18(24)22(4-2)16-17(23)21-19-20-14-15-25-19/h14-15H,3-13,16H2,1-2H3,(H,20,21,23). The molecule has 1 N–H and O–H groups in total. The van der Waals surface area contributed by atoms with Crippen molar-refractivity contribution in [2.45, 2.75) is 78.1 Å². The molecule has 0 saturated heterocycles. The molecule has 0 saturated carbocycles. The summed E-state index contributed by atoms with van der Waals surface area (Å²) in [4.78, 5) is 29.9. The molecule has 0 fully saturated rings. The highest BCUT2D eigenvalue weighted by atomic mass is 32.1. The summed E-state index contributed by atoms with van der Waals surface area (Å²) >= 11 is 1.38. The predicted molar refractivity (Wildman–Crippen MR) is 105 cm³/mol. The molecule has 0 aromatic carbocycles. The number of unbranched alkanes of at least 4 members (excludes halogenated alkanes) is 8. The van der Waals surface area contributed by atoms with Crippen LogP contribution in [0.4, 0.5) is 5.13 Å². The number of rotatable bonds is 14. The zero-order valence-corrected chi connectivity index (χ0v) is 16.6. The van der Waals surface area contributed by atoms with Crippen LogP contribution in [-0.4, -0.2) is 34.8 Å². The first kappa shape index (κ1) is 21.6. The van der Waals surface area contributed by atoms with Gasteiger partial charge in [-0.05, 0) is 13.3 Å². The van der Waals surface area contributed by atoms with Crippen molar-refractivity contribution in [3.05, 3.63) is 11.6 Å². The van der Waals surface area contributed by atoms with Crippen LogP contribution < -0.4 is 5.32 Å². The van der Waals surface area contributed by atoms with Crippen LogP contribution in [0.2, 0.25) is 0 Å². The van der Waals surface area contributed by atoms with E-state index in [9.17, 15) is 9.59 Å². The molecule has 0 aliphatic heterocycles. The molecule has 0 atom stereocenters. The number of hydrogen-bond donors (Lipinski definition) is 1. The lowest BCUT2D eigenvalue weighted by Gasteiger charge is -2.20. The van der Waals surface area contributed by atoms with Crippen LogP contribution in [0.15, 0.2) is 11.6 Å². The summed E-state index contributed by atoms with van der Waals surface area (Å²) in [5, 5.41) is 5.11. The van der Waals surface area contributed by atoms with Gasteiger partial charge in [-0.15, -0.1) is 11.3 Å².